The second-order valence-corrected chi connectivity index (χ2v) is 8.18. The summed E-state index contributed by atoms with van der Waals surface area (Å²) in [4.78, 5) is 12.1. The molecule has 0 bridgehead atoms. The van der Waals surface area contributed by atoms with Gasteiger partial charge in [0, 0.05) is 10.6 Å². The second kappa shape index (κ2) is 9.07. The molecule has 2 aromatic carbocycles. The number of nitrogens with one attached hydrogen (secondary N) is 1. The molecule has 144 valence electrons. The van der Waals surface area contributed by atoms with Gasteiger partial charge in [-0.15, -0.1) is 0 Å². The molecule has 0 aliphatic rings. The number of hydrogen-bond acceptors (Lipinski definition) is 5. The Balaban J connectivity index is 2.08. The molecule has 0 atom stereocenters. The van der Waals surface area contributed by atoms with E-state index in [4.69, 9.17) is 27.9 Å². The third-order valence-electron chi connectivity index (χ3n) is 3.40. The van der Waals surface area contributed by atoms with Crippen molar-refractivity contribution in [2.45, 2.75) is 0 Å². The maximum absolute atomic E-state index is 12.1. The highest BCUT2D eigenvalue weighted by Crippen LogP contribution is 2.21. The standard InChI is InChI=1S/C17H17Cl2N3O4S/c1-26-15-7-5-14(6-8-15)22(27(2,24)25)11-17(23)21-20-10-12-3-4-13(18)9-16(12)19/h3-10H,11H2,1-2H3,(H,21,23)/b20-10+. The first-order valence-electron chi connectivity index (χ1n) is 7.59. The van der Waals surface area contributed by atoms with Crippen LogP contribution in [0, 0.1) is 0 Å². The summed E-state index contributed by atoms with van der Waals surface area (Å²) in [6.07, 6.45) is 2.36. The van der Waals surface area contributed by atoms with Crippen LogP contribution in [0.25, 0.3) is 0 Å². The lowest BCUT2D eigenvalue weighted by atomic mass is 10.2. The van der Waals surface area contributed by atoms with Crippen molar-refractivity contribution >= 4 is 51.0 Å². The number of rotatable bonds is 7. The summed E-state index contributed by atoms with van der Waals surface area (Å²) in [5.41, 5.74) is 3.16. The molecule has 1 amide bonds. The largest absolute Gasteiger partial charge is 0.497 e. The SMILES string of the molecule is COc1ccc(N(CC(=O)N/N=C/c2ccc(Cl)cc2Cl)S(C)(=O)=O)cc1. The van der Waals surface area contributed by atoms with Crippen molar-refractivity contribution < 1.29 is 17.9 Å². The first-order chi connectivity index (χ1) is 12.7. The number of nitrogens with zero attached hydrogens (tertiary/aromatic N) is 2. The number of carbonyl (C=O) groups is 1. The van der Waals surface area contributed by atoms with E-state index in [-0.39, 0.29) is 0 Å². The lowest BCUT2D eigenvalue weighted by Crippen LogP contribution is -2.39. The van der Waals surface area contributed by atoms with E-state index in [0.717, 1.165) is 10.6 Å². The summed E-state index contributed by atoms with van der Waals surface area (Å²) in [5.74, 6) is -0.0429. The molecule has 0 aromatic heterocycles. The highest BCUT2D eigenvalue weighted by atomic mass is 35.5. The number of anilines is 1. The Morgan fingerprint density at radius 3 is 2.44 bits per heavy atom. The molecule has 2 aromatic rings. The number of ether oxygens (including phenoxy) is 1. The van der Waals surface area contributed by atoms with E-state index in [0.29, 0.717) is 27.0 Å². The van der Waals surface area contributed by atoms with Gasteiger partial charge in [-0.25, -0.2) is 13.8 Å². The van der Waals surface area contributed by atoms with Gasteiger partial charge in [0.05, 0.1) is 30.3 Å². The number of benzene rings is 2. The fourth-order valence-corrected chi connectivity index (χ4v) is 3.41. The van der Waals surface area contributed by atoms with Gasteiger partial charge in [-0.05, 0) is 36.4 Å². The molecule has 27 heavy (non-hydrogen) atoms. The van der Waals surface area contributed by atoms with Crippen LogP contribution in [-0.2, 0) is 14.8 Å². The van der Waals surface area contributed by atoms with Crippen molar-refractivity contribution in [1.29, 1.82) is 0 Å². The van der Waals surface area contributed by atoms with E-state index in [2.05, 4.69) is 10.5 Å². The zero-order valence-corrected chi connectivity index (χ0v) is 16.8. The predicted molar refractivity (Wildman–Crippen MR) is 107 cm³/mol. The normalized spacial score (nSPS) is 11.4. The molecule has 0 heterocycles. The molecule has 2 rings (SSSR count). The van der Waals surface area contributed by atoms with E-state index >= 15 is 0 Å². The van der Waals surface area contributed by atoms with Crippen LogP contribution in [0.1, 0.15) is 5.56 Å². The topological polar surface area (TPSA) is 88.1 Å². The molecular formula is C17H17Cl2N3O4S. The van der Waals surface area contributed by atoms with Gasteiger partial charge in [-0.1, -0.05) is 29.3 Å². The quantitative estimate of drug-likeness (QED) is 0.541. The Hall–Kier alpha value is -2.29. The second-order valence-electron chi connectivity index (χ2n) is 5.43. The molecule has 1 N–H and O–H groups in total. The van der Waals surface area contributed by atoms with Crippen molar-refractivity contribution in [3.8, 4) is 5.75 Å². The number of methoxy groups -OCH3 is 1. The summed E-state index contributed by atoms with van der Waals surface area (Å²) >= 11 is 11.8. The molecule has 0 radical (unpaired) electrons. The maximum Gasteiger partial charge on any atom is 0.260 e. The van der Waals surface area contributed by atoms with E-state index in [1.165, 1.54) is 13.3 Å². The van der Waals surface area contributed by atoms with Crippen LogP contribution < -0.4 is 14.5 Å². The molecule has 7 nitrogen and oxygen atoms in total. The van der Waals surface area contributed by atoms with Gasteiger partial charge in [0.1, 0.15) is 12.3 Å². The van der Waals surface area contributed by atoms with Gasteiger partial charge in [0.15, 0.2) is 0 Å². The lowest BCUT2D eigenvalue weighted by Gasteiger charge is -2.21. The van der Waals surface area contributed by atoms with E-state index in [1.54, 1.807) is 42.5 Å². The summed E-state index contributed by atoms with van der Waals surface area (Å²) in [5, 5.41) is 4.64. The van der Waals surface area contributed by atoms with Crippen LogP contribution in [-0.4, -0.2) is 40.4 Å². The molecule has 0 saturated heterocycles. The summed E-state index contributed by atoms with van der Waals surface area (Å²) in [7, 11) is -2.18. The fourth-order valence-electron chi connectivity index (χ4n) is 2.09. The van der Waals surface area contributed by atoms with Crippen molar-refractivity contribution in [2.24, 2.45) is 5.10 Å². The van der Waals surface area contributed by atoms with Gasteiger partial charge >= 0.3 is 0 Å². The van der Waals surface area contributed by atoms with Crippen LogP contribution in [0.3, 0.4) is 0 Å². The Morgan fingerprint density at radius 2 is 1.89 bits per heavy atom. The number of halogens is 2. The smallest absolute Gasteiger partial charge is 0.260 e. The monoisotopic (exact) mass is 429 g/mol. The van der Waals surface area contributed by atoms with Crippen LogP contribution in [0.5, 0.6) is 5.75 Å². The number of sulfonamides is 1. The van der Waals surface area contributed by atoms with E-state index < -0.39 is 22.5 Å². The van der Waals surface area contributed by atoms with Gasteiger partial charge in [-0.2, -0.15) is 5.10 Å². The number of hydrogen-bond donors (Lipinski definition) is 1. The van der Waals surface area contributed by atoms with Crippen LogP contribution in [0.4, 0.5) is 5.69 Å². The average molecular weight is 430 g/mol. The molecule has 0 aliphatic heterocycles. The van der Waals surface area contributed by atoms with Crippen molar-refractivity contribution in [2.75, 3.05) is 24.2 Å². The average Bonchev–Trinajstić information content (AvgIpc) is 2.61. The zero-order chi connectivity index (χ0) is 20.0. The minimum Gasteiger partial charge on any atom is -0.497 e. The van der Waals surface area contributed by atoms with Crippen molar-refractivity contribution in [3.63, 3.8) is 0 Å². The summed E-state index contributed by atoms with van der Waals surface area (Å²) in [6.45, 7) is -0.434. The first kappa shape index (κ1) is 21.0. The lowest BCUT2D eigenvalue weighted by molar-refractivity contribution is -0.119. The zero-order valence-electron chi connectivity index (χ0n) is 14.5. The Kier molecular flexibility index (Phi) is 7.06. The molecule has 0 fully saturated rings. The third-order valence-corrected chi connectivity index (χ3v) is 5.11. The Bertz CT molecular complexity index is 947. The number of amides is 1. The van der Waals surface area contributed by atoms with Crippen LogP contribution >= 0.6 is 23.2 Å². The minimum atomic E-state index is -3.68. The van der Waals surface area contributed by atoms with Crippen molar-refractivity contribution in [3.05, 3.63) is 58.1 Å². The molecule has 0 unspecified atom stereocenters. The predicted octanol–water partition coefficient (Wildman–Crippen LogP) is 2.92. The fraction of sp³-hybridized carbons (Fsp3) is 0.176. The van der Waals surface area contributed by atoms with Crippen LogP contribution in [0.15, 0.2) is 47.6 Å². The van der Waals surface area contributed by atoms with Crippen LogP contribution in [0.2, 0.25) is 10.0 Å². The number of hydrazone groups is 1. The van der Waals surface area contributed by atoms with E-state index in [9.17, 15) is 13.2 Å². The third kappa shape index (κ3) is 6.13. The Labute approximate surface area is 167 Å². The van der Waals surface area contributed by atoms with Gasteiger partial charge in [-0.3, -0.25) is 9.10 Å². The van der Waals surface area contributed by atoms with Gasteiger partial charge in [0.2, 0.25) is 10.0 Å². The molecule has 0 aliphatic carbocycles. The number of carbonyl (C=O) groups excluding carboxylic acids is 1. The first-order valence-corrected chi connectivity index (χ1v) is 10.2. The highest BCUT2D eigenvalue weighted by molar-refractivity contribution is 7.92. The molecule has 0 spiro atoms. The highest BCUT2D eigenvalue weighted by Gasteiger charge is 2.20. The van der Waals surface area contributed by atoms with Gasteiger partial charge < -0.3 is 4.74 Å². The van der Waals surface area contributed by atoms with Gasteiger partial charge in [0.25, 0.3) is 5.91 Å². The van der Waals surface area contributed by atoms with E-state index in [1.807, 2.05) is 0 Å². The summed E-state index contributed by atoms with van der Waals surface area (Å²) in [6, 6.07) is 11.1. The minimum absolute atomic E-state index is 0.332. The summed E-state index contributed by atoms with van der Waals surface area (Å²) < 4.78 is 30.1. The molecule has 10 heteroatoms. The Morgan fingerprint density at radius 1 is 1.22 bits per heavy atom. The molecule has 0 saturated carbocycles. The maximum atomic E-state index is 12.1. The molecular weight excluding hydrogens is 413 g/mol. The van der Waals surface area contributed by atoms with Crippen molar-refractivity contribution in [1.82, 2.24) is 5.43 Å².